The maximum Gasteiger partial charge on any atom is 0.310 e. The highest BCUT2D eigenvalue weighted by Crippen LogP contribution is 2.38. The monoisotopic (exact) mass is 282 g/mol. The molecule has 1 aliphatic rings. The predicted molar refractivity (Wildman–Crippen MR) is 71.2 cm³/mol. The number of rotatable bonds is 5. The Morgan fingerprint density at radius 1 is 1.40 bits per heavy atom. The molecule has 1 saturated carbocycles. The molecule has 1 aromatic rings. The summed E-state index contributed by atoms with van der Waals surface area (Å²) < 4.78 is 10.3. The first-order valence-corrected chi connectivity index (χ1v) is 7.16. The fourth-order valence-electron chi connectivity index (χ4n) is 2.77. The lowest BCUT2D eigenvalue weighted by Gasteiger charge is -2.26. The normalized spacial score (nSPS) is 20.3. The molecule has 0 radical (unpaired) electrons. The summed E-state index contributed by atoms with van der Waals surface area (Å²) in [6.45, 7) is 1.83. The number of aromatic nitrogens is 2. The highest BCUT2D eigenvalue weighted by Gasteiger charge is 2.40. The van der Waals surface area contributed by atoms with Crippen molar-refractivity contribution in [2.45, 2.75) is 58.0 Å². The Bertz CT molecular complexity index is 450. The molecule has 0 bridgehead atoms. The number of aliphatic carboxylic acids is 1. The van der Waals surface area contributed by atoms with E-state index in [0.717, 1.165) is 25.7 Å². The lowest BCUT2D eigenvalue weighted by Crippen LogP contribution is -2.33. The van der Waals surface area contributed by atoms with Gasteiger partial charge in [0.05, 0.1) is 5.41 Å². The Kier molecular flexibility index (Phi) is 4.75. The summed E-state index contributed by atoms with van der Waals surface area (Å²) in [7, 11) is 1.57. The van der Waals surface area contributed by atoms with Crippen LogP contribution in [0.1, 0.15) is 63.3 Å². The molecule has 1 aromatic heterocycles. The van der Waals surface area contributed by atoms with Crippen molar-refractivity contribution in [2.75, 3.05) is 7.11 Å². The molecule has 1 aliphatic carbocycles. The number of nitrogens with zero attached hydrogens (tertiary/aromatic N) is 2. The predicted octanol–water partition coefficient (Wildman–Crippen LogP) is 2.74. The van der Waals surface area contributed by atoms with E-state index < -0.39 is 11.4 Å². The van der Waals surface area contributed by atoms with Crippen molar-refractivity contribution in [3.8, 4) is 0 Å². The van der Waals surface area contributed by atoms with E-state index in [0.29, 0.717) is 31.0 Å². The summed E-state index contributed by atoms with van der Waals surface area (Å²) in [5.74, 6) is 0.115. The number of carboxylic acids is 1. The Balaban J connectivity index is 2.15. The van der Waals surface area contributed by atoms with Crippen LogP contribution in [0.15, 0.2) is 4.52 Å². The van der Waals surface area contributed by atoms with Crippen molar-refractivity contribution >= 4 is 5.97 Å². The maximum atomic E-state index is 11.7. The quantitative estimate of drug-likeness (QED) is 0.836. The summed E-state index contributed by atoms with van der Waals surface area (Å²) in [5.41, 5.74) is -0.753. The molecule has 0 aromatic carbocycles. The average Bonchev–Trinajstić information content (AvgIpc) is 2.75. The fourth-order valence-corrected chi connectivity index (χ4v) is 2.77. The SMILES string of the molecule is COC(C)c1noc(CC2(C(=O)O)CCCCCC2)n1. The molecule has 0 aliphatic heterocycles. The highest BCUT2D eigenvalue weighted by atomic mass is 16.5. The Hall–Kier alpha value is -1.43. The molecule has 6 nitrogen and oxygen atoms in total. The molecule has 1 fully saturated rings. The van der Waals surface area contributed by atoms with Crippen LogP contribution < -0.4 is 0 Å². The van der Waals surface area contributed by atoms with Gasteiger partial charge in [0.1, 0.15) is 6.10 Å². The summed E-state index contributed by atoms with van der Waals surface area (Å²) in [5, 5.41) is 13.5. The third-order valence-electron chi connectivity index (χ3n) is 4.20. The van der Waals surface area contributed by atoms with Crippen LogP contribution in [0, 0.1) is 5.41 Å². The molecule has 20 heavy (non-hydrogen) atoms. The van der Waals surface area contributed by atoms with Gasteiger partial charge in [0.25, 0.3) is 0 Å². The molecule has 1 unspecified atom stereocenters. The minimum Gasteiger partial charge on any atom is -0.481 e. The van der Waals surface area contributed by atoms with Crippen LogP contribution in [0.25, 0.3) is 0 Å². The van der Waals surface area contributed by atoms with E-state index >= 15 is 0 Å². The molecule has 0 spiro atoms. The zero-order valence-corrected chi connectivity index (χ0v) is 12.1. The van der Waals surface area contributed by atoms with Gasteiger partial charge in [0.2, 0.25) is 5.89 Å². The lowest BCUT2D eigenvalue weighted by atomic mass is 9.77. The van der Waals surface area contributed by atoms with Crippen molar-refractivity contribution in [3.63, 3.8) is 0 Å². The smallest absolute Gasteiger partial charge is 0.310 e. The highest BCUT2D eigenvalue weighted by molar-refractivity contribution is 5.74. The second-order valence-corrected chi connectivity index (χ2v) is 5.60. The van der Waals surface area contributed by atoms with Gasteiger partial charge in [-0.25, -0.2) is 0 Å². The van der Waals surface area contributed by atoms with E-state index in [2.05, 4.69) is 10.1 Å². The number of carbonyl (C=O) groups is 1. The molecule has 0 amide bonds. The van der Waals surface area contributed by atoms with E-state index in [9.17, 15) is 9.90 Å². The molecular formula is C14H22N2O4. The fraction of sp³-hybridized carbons (Fsp3) is 0.786. The van der Waals surface area contributed by atoms with Crippen LogP contribution in [0.4, 0.5) is 0 Å². The van der Waals surface area contributed by atoms with Crippen molar-refractivity contribution in [1.29, 1.82) is 0 Å². The van der Waals surface area contributed by atoms with Crippen LogP contribution in [-0.2, 0) is 16.0 Å². The molecule has 1 atom stereocenters. The summed E-state index contributed by atoms with van der Waals surface area (Å²) in [6, 6.07) is 0. The van der Waals surface area contributed by atoms with Gasteiger partial charge in [0.15, 0.2) is 5.82 Å². The van der Waals surface area contributed by atoms with Gasteiger partial charge in [-0.3, -0.25) is 4.79 Å². The molecule has 1 heterocycles. The number of hydrogen-bond acceptors (Lipinski definition) is 5. The molecule has 2 rings (SSSR count). The second kappa shape index (κ2) is 6.35. The van der Waals surface area contributed by atoms with Gasteiger partial charge in [-0.2, -0.15) is 4.98 Å². The molecular weight excluding hydrogens is 260 g/mol. The number of ether oxygens (including phenoxy) is 1. The molecule has 6 heteroatoms. The van der Waals surface area contributed by atoms with Crippen LogP contribution in [0.2, 0.25) is 0 Å². The van der Waals surface area contributed by atoms with E-state index in [-0.39, 0.29) is 6.10 Å². The Morgan fingerprint density at radius 3 is 2.60 bits per heavy atom. The lowest BCUT2D eigenvalue weighted by molar-refractivity contribution is -0.150. The third-order valence-corrected chi connectivity index (χ3v) is 4.20. The van der Waals surface area contributed by atoms with E-state index in [1.54, 1.807) is 7.11 Å². The van der Waals surface area contributed by atoms with Crippen LogP contribution in [0.5, 0.6) is 0 Å². The van der Waals surface area contributed by atoms with Crippen molar-refractivity contribution < 1.29 is 19.2 Å². The van der Waals surface area contributed by atoms with Crippen molar-refractivity contribution in [3.05, 3.63) is 11.7 Å². The maximum absolute atomic E-state index is 11.7. The number of carboxylic acid groups (broad SMARTS) is 1. The molecule has 0 saturated heterocycles. The number of hydrogen-bond donors (Lipinski definition) is 1. The zero-order valence-electron chi connectivity index (χ0n) is 12.1. The van der Waals surface area contributed by atoms with E-state index in [1.807, 2.05) is 6.92 Å². The number of methoxy groups -OCH3 is 1. The Morgan fingerprint density at radius 2 is 2.05 bits per heavy atom. The summed E-state index contributed by atoms with van der Waals surface area (Å²) >= 11 is 0. The van der Waals surface area contributed by atoms with Gasteiger partial charge in [0, 0.05) is 13.5 Å². The largest absolute Gasteiger partial charge is 0.481 e. The van der Waals surface area contributed by atoms with Gasteiger partial charge >= 0.3 is 5.97 Å². The standard InChI is InChI=1S/C14H22N2O4/c1-10(19-2)12-15-11(20-16-12)9-14(13(17)18)7-5-3-4-6-8-14/h10H,3-9H2,1-2H3,(H,17,18). The van der Waals surface area contributed by atoms with Crippen LogP contribution >= 0.6 is 0 Å². The van der Waals surface area contributed by atoms with Crippen molar-refractivity contribution in [2.24, 2.45) is 5.41 Å². The van der Waals surface area contributed by atoms with Crippen LogP contribution in [-0.4, -0.2) is 28.3 Å². The topological polar surface area (TPSA) is 85.5 Å². The summed E-state index contributed by atoms with van der Waals surface area (Å²) in [6.07, 6.45) is 5.52. The summed E-state index contributed by atoms with van der Waals surface area (Å²) in [4.78, 5) is 16.0. The second-order valence-electron chi connectivity index (χ2n) is 5.60. The van der Waals surface area contributed by atoms with E-state index in [1.165, 1.54) is 0 Å². The van der Waals surface area contributed by atoms with Gasteiger partial charge < -0.3 is 14.4 Å². The average molecular weight is 282 g/mol. The molecule has 1 N–H and O–H groups in total. The van der Waals surface area contributed by atoms with Gasteiger partial charge in [-0.05, 0) is 19.8 Å². The first-order chi connectivity index (χ1) is 9.57. The van der Waals surface area contributed by atoms with Gasteiger partial charge in [-0.15, -0.1) is 0 Å². The van der Waals surface area contributed by atoms with Crippen LogP contribution in [0.3, 0.4) is 0 Å². The van der Waals surface area contributed by atoms with Gasteiger partial charge in [-0.1, -0.05) is 30.8 Å². The van der Waals surface area contributed by atoms with E-state index in [4.69, 9.17) is 9.26 Å². The Labute approximate surface area is 118 Å². The first kappa shape index (κ1) is 15.0. The minimum atomic E-state index is -0.753. The minimum absolute atomic E-state index is 0.248. The molecule has 112 valence electrons. The third kappa shape index (κ3) is 3.17. The zero-order chi connectivity index (χ0) is 14.6. The first-order valence-electron chi connectivity index (χ1n) is 7.16. The van der Waals surface area contributed by atoms with Crippen molar-refractivity contribution in [1.82, 2.24) is 10.1 Å².